The second kappa shape index (κ2) is 7.97. The van der Waals surface area contributed by atoms with Crippen LogP contribution in [-0.2, 0) is 9.59 Å². The van der Waals surface area contributed by atoms with Gasteiger partial charge in [0.15, 0.2) is 5.58 Å². The second-order valence-corrected chi connectivity index (χ2v) is 10.4. The topological polar surface area (TPSA) is 105 Å². The molecule has 2 aromatic carbocycles. The van der Waals surface area contributed by atoms with E-state index in [1.807, 2.05) is 24.3 Å². The van der Waals surface area contributed by atoms with E-state index in [0.29, 0.717) is 35.9 Å². The number of benzene rings is 2. The van der Waals surface area contributed by atoms with Gasteiger partial charge in [0, 0.05) is 11.3 Å². The van der Waals surface area contributed by atoms with E-state index in [0.717, 1.165) is 22.4 Å². The number of nitrogens with zero attached hydrogens (tertiary/aromatic N) is 2. The van der Waals surface area contributed by atoms with Crippen LogP contribution >= 0.6 is 0 Å². The average molecular weight is 461 g/mol. The molecule has 8 heteroatoms. The van der Waals surface area contributed by atoms with Gasteiger partial charge in [-0.15, -0.1) is 0 Å². The predicted molar refractivity (Wildman–Crippen MR) is 128 cm³/mol. The zero-order valence-corrected chi connectivity index (χ0v) is 19.6. The van der Waals surface area contributed by atoms with E-state index in [2.05, 4.69) is 36.4 Å². The molecule has 2 aliphatic rings. The van der Waals surface area contributed by atoms with E-state index in [4.69, 9.17) is 4.42 Å². The number of nitrogens with one attached hydrogen (secondary N) is 2. The van der Waals surface area contributed by atoms with Gasteiger partial charge in [-0.3, -0.25) is 14.5 Å². The lowest BCUT2D eigenvalue weighted by Gasteiger charge is -2.43. The molecule has 4 amide bonds. The van der Waals surface area contributed by atoms with Crippen LogP contribution in [0.15, 0.2) is 52.9 Å². The normalized spacial score (nSPS) is 24.0. The van der Waals surface area contributed by atoms with Gasteiger partial charge < -0.3 is 15.1 Å². The fraction of sp³-hybridized carbons (Fsp3) is 0.385. The zero-order valence-electron chi connectivity index (χ0n) is 19.6. The molecule has 1 saturated heterocycles. The van der Waals surface area contributed by atoms with Crippen LogP contribution in [0.5, 0.6) is 0 Å². The maximum atomic E-state index is 13.2. The molecule has 0 bridgehead atoms. The molecule has 1 aromatic heterocycles. The highest BCUT2D eigenvalue weighted by Gasteiger charge is 2.56. The Kier molecular flexibility index (Phi) is 5.19. The van der Waals surface area contributed by atoms with Gasteiger partial charge in [0.2, 0.25) is 11.8 Å². The summed E-state index contributed by atoms with van der Waals surface area (Å²) in [5.41, 5.74) is 1.84. The summed E-state index contributed by atoms with van der Waals surface area (Å²) in [6, 6.07) is 14.1. The quantitative estimate of drug-likeness (QED) is 0.555. The fourth-order valence-electron chi connectivity index (χ4n) is 5.69. The van der Waals surface area contributed by atoms with Crippen molar-refractivity contribution in [2.45, 2.75) is 45.6 Å². The maximum absolute atomic E-state index is 13.2. The Balaban J connectivity index is 1.25. The van der Waals surface area contributed by atoms with Crippen molar-refractivity contribution < 1.29 is 18.8 Å². The molecular formula is C26H28N4O4. The van der Waals surface area contributed by atoms with Crippen molar-refractivity contribution in [2.75, 3.05) is 11.9 Å². The summed E-state index contributed by atoms with van der Waals surface area (Å²) in [6.45, 7) is 6.00. The van der Waals surface area contributed by atoms with Crippen LogP contribution in [0.25, 0.3) is 22.6 Å². The first kappa shape index (κ1) is 22.1. The molecule has 0 radical (unpaired) electrons. The van der Waals surface area contributed by atoms with Crippen molar-refractivity contribution in [1.29, 1.82) is 0 Å². The summed E-state index contributed by atoms with van der Waals surface area (Å²) in [5, 5.41) is 5.67. The van der Waals surface area contributed by atoms with Gasteiger partial charge in [0.25, 0.3) is 5.91 Å². The van der Waals surface area contributed by atoms with Gasteiger partial charge in [-0.2, -0.15) is 0 Å². The number of amides is 4. The van der Waals surface area contributed by atoms with Gasteiger partial charge in [0.05, 0.1) is 0 Å². The number of imide groups is 1. The van der Waals surface area contributed by atoms with Crippen molar-refractivity contribution in [1.82, 2.24) is 15.2 Å². The molecule has 2 fully saturated rings. The number of oxazole rings is 1. The molecule has 3 aromatic rings. The SMILES string of the molecule is CC1CC(C)(C)CC2(C1)NC(=O)N(CC(=O)Nc1ccc(-c3nc4ccccc4o3)cc1)C2=O. The summed E-state index contributed by atoms with van der Waals surface area (Å²) in [7, 11) is 0. The predicted octanol–water partition coefficient (Wildman–Crippen LogP) is 4.57. The third-order valence-corrected chi connectivity index (χ3v) is 6.64. The van der Waals surface area contributed by atoms with Gasteiger partial charge in [-0.05, 0) is 67.0 Å². The Bertz CT molecular complexity index is 1250. The van der Waals surface area contributed by atoms with E-state index in [1.54, 1.807) is 24.3 Å². The van der Waals surface area contributed by atoms with Crippen LogP contribution in [0.4, 0.5) is 10.5 Å². The van der Waals surface area contributed by atoms with Crippen LogP contribution < -0.4 is 10.6 Å². The van der Waals surface area contributed by atoms with Gasteiger partial charge in [-0.1, -0.05) is 32.9 Å². The standard InChI is InChI=1S/C26H28N4O4/c1-16-12-25(2,3)15-26(13-16)23(32)30(24(33)29-26)14-21(31)27-18-10-8-17(9-11-18)22-28-19-6-4-5-7-20(19)34-22/h4-11,16H,12-15H2,1-3H3,(H,27,31)(H,29,33). The number of carbonyl (C=O) groups excluding carboxylic acids is 3. The minimum Gasteiger partial charge on any atom is -0.436 e. The lowest BCUT2D eigenvalue weighted by molar-refractivity contribution is -0.136. The van der Waals surface area contributed by atoms with E-state index in [-0.39, 0.29) is 17.9 Å². The third kappa shape index (κ3) is 4.04. The molecule has 34 heavy (non-hydrogen) atoms. The number of anilines is 1. The number of fused-ring (bicyclic) bond motifs is 1. The van der Waals surface area contributed by atoms with E-state index < -0.39 is 17.5 Å². The highest BCUT2D eigenvalue weighted by molar-refractivity contribution is 6.10. The van der Waals surface area contributed by atoms with Crippen molar-refractivity contribution in [2.24, 2.45) is 11.3 Å². The van der Waals surface area contributed by atoms with Crippen molar-refractivity contribution in [3.63, 3.8) is 0 Å². The van der Waals surface area contributed by atoms with Crippen molar-refractivity contribution in [3.8, 4) is 11.5 Å². The summed E-state index contributed by atoms with van der Waals surface area (Å²) < 4.78 is 5.78. The molecule has 2 atom stereocenters. The Morgan fingerprint density at radius 2 is 1.88 bits per heavy atom. The molecular weight excluding hydrogens is 432 g/mol. The lowest BCUT2D eigenvalue weighted by Crippen LogP contribution is -2.54. The first-order valence-electron chi connectivity index (χ1n) is 11.5. The van der Waals surface area contributed by atoms with Crippen molar-refractivity contribution in [3.05, 3.63) is 48.5 Å². The summed E-state index contributed by atoms with van der Waals surface area (Å²) in [5.74, 6) is 0.0618. The first-order chi connectivity index (χ1) is 16.1. The van der Waals surface area contributed by atoms with Gasteiger partial charge in [0.1, 0.15) is 17.6 Å². The molecule has 176 valence electrons. The number of hydrogen-bond acceptors (Lipinski definition) is 5. The zero-order chi connectivity index (χ0) is 24.1. The Morgan fingerprint density at radius 3 is 2.59 bits per heavy atom. The second-order valence-electron chi connectivity index (χ2n) is 10.4. The van der Waals surface area contributed by atoms with Crippen LogP contribution in [0, 0.1) is 11.3 Å². The van der Waals surface area contributed by atoms with Crippen LogP contribution in [0.2, 0.25) is 0 Å². The molecule has 2 unspecified atom stereocenters. The van der Waals surface area contributed by atoms with E-state index >= 15 is 0 Å². The smallest absolute Gasteiger partial charge is 0.325 e. The molecule has 1 saturated carbocycles. The van der Waals surface area contributed by atoms with Gasteiger partial charge >= 0.3 is 6.03 Å². The average Bonchev–Trinajstić information content (AvgIpc) is 3.28. The number of hydrogen-bond donors (Lipinski definition) is 2. The number of rotatable bonds is 4. The largest absolute Gasteiger partial charge is 0.436 e. The van der Waals surface area contributed by atoms with Crippen LogP contribution in [0.3, 0.4) is 0 Å². The Labute approximate surface area is 197 Å². The maximum Gasteiger partial charge on any atom is 0.325 e. The monoisotopic (exact) mass is 460 g/mol. The minimum absolute atomic E-state index is 0.0602. The van der Waals surface area contributed by atoms with Crippen molar-refractivity contribution >= 4 is 34.6 Å². The number of aromatic nitrogens is 1. The van der Waals surface area contributed by atoms with Gasteiger partial charge in [-0.25, -0.2) is 9.78 Å². The number of urea groups is 1. The minimum atomic E-state index is -0.917. The lowest BCUT2D eigenvalue weighted by atomic mass is 9.64. The summed E-state index contributed by atoms with van der Waals surface area (Å²) in [6.07, 6.45) is 2.17. The Morgan fingerprint density at radius 1 is 1.15 bits per heavy atom. The summed E-state index contributed by atoms with van der Waals surface area (Å²) >= 11 is 0. The number of para-hydroxylation sites is 2. The molecule has 1 aliphatic heterocycles. The fourth-order valence-corrected chi connectivity index (χ4v) is 5.69. The molecule has 5 rings (SSSR count). The molecule has 1 aliphatic carbocycles. The third-order valence-electron chi connectivity index (χ3n) is 6.64. The highest BCUT2D eigenvalue weighted by Crippen LogP contribution is 2.46. The van der Waals surface area contributed by atoms with Crippen LogP contribution in [-0.4, -0.2) is 39.8 Å². The molecule has 2 N–H and O–H groups in total. The van der Waals surface area contributed by atoms with E-state index in [9.17, 15) is 14.4 Å². The highest BCUT2D eigenvalue weighted by atomic mass is 16.3. The van der Waals surface area contributed by atoms with E-state index in [1.165, 1.54) is 0 Å². The molecule has 8 nitrogen and oxygen atoms in total. The Hall–Kier alpha value is -3.68. The molecule has 2 heterocycles. The van der Waals surface area contributed by atoms with Crippen LogP contribution in [0.1, 0.15) is 40.0 Å². The molecule has 1 spiro atoms. The summed E-state index contributed by atoms with van der Waals surface area (Å²) in [4.78, 5) is 44.1. The first-order valence-corrected chi connectivity index (χ1v) is 11.5. The number of carbonyl (C=O) groups is 3.